The lowest BCUT2D eigenvalue weighted by Crippen LogP contribution is -2.00. The van der Waals surface area contributed by atoms with Crippen molar-refractivity contribution in [3.63, 3.8) is 0 Å². The van der Waals surface area contributed by atoms with Gasteiger partial charge >= 0.3 is 0 Å². The first-order valence-electron chi connectivity index (χ1n) is 7.84. The molecule has 1 aromatic carbocycles. The van der Waals surface area contributed by atoms with E-state index in [-0.39, 0.29) is 0 Å². The Morgan fingerprint density at radius 3 is 2.58 bits per heavy atom. The van der Waals surface area contributed by atoms with Crippen LogP contribution in [0, 0.1) is 0 Å². The van der Waals surface area contributed by atoms with E-state index in [0.29, 0.717) is 39.2 Å². The molecule has 0 atom stereocenters. The average Bonchev–Trinajstić information content (AvgIpc) is 3.13. The molecule has 0 radical (unpaired) electrons. The van der Waals surface area contributed by atoms with Crippen molar-refractivity contribution in [2.75, 3.05) is 0 Å². The Kier molecular flexibility index (Phi) is 3.32. The number of pyridine rings is 1. The number of rotatable bonds is 2. The number of fused-ring (bicyclic) bond motifs is 3. The lowest BCUT2D eigenvalue weighted by Gasteiger charge is -2.08. The second kappa shape index (κ2) is 5.82. The summed E-state index contributed by atoms with van der Waals surface area (Å²) in [6.45, 7) is 0. The van der Waals surface area contributed by atoms with E-state index in [1.807, 2.05) is 46.9 Å². The van der Waals surface area contributed by atoms with Crippen molar-refractivity contribution in [3.05, 3.63) is 66.2 Å². The minimum absolute atomic E-state index is 0.345. The van der Waals surface area contributed by atoms with Gasteiger partial charge < -0.3 is 0 Å². The zero-order chi connectivity index (χ0) is 17.5. The zero-order valence-corrected chi connectivity index (χ0v) is 14.0. The average molecular weight is 360 g/mol. The quantitative estimate of drug-likeness (QED) is 0.480. The molecule has 4 aromatic heterocycles. The second-order valence-electron chi connectivity index (χ2n) is 5.58. The van der Waals surface area contributed by atoms with Gasteiger partial charge in [-0.1, -0.05) is 41.9 Å². The number of benzene rings is 1. The monoisotopic (exact) mass is 359 g/mol. The van der Waals surface area contributed by atoms with Gasteiger partial charge in [0.25, 0.3) is 0 Å². The minimum Gasteiger partial charge on any atom is -0.261 e. The predicted octanol–water partition coefficient (Wildman–Crippen LogP) is 3.45. The number of hydrogen-bond acceptors (Lipinski definition) is 6. The van der Waals surface area contributed by atoms with Crippen LogP contribution < -0.4 is 0 Å². The molecule has 0 saturated heterocycles. The summed E-state index contributed by atoms with van der Waals surface area (Å²) in [6, 6.07) is 13.3. The largest absolute Gasteiger partial charge is 0.261 e. The molecular formula is C18H10ClN7. The maximum Gasteiger partial charge on any atom is 0.190 e. The van der Waals surface area contributed by atoms with E-state index in [1.165, 1.54) is 0 Å². The number of hydrogen-bond donors (Lipinski definition) is 0. The zero-order valence-electron chi connectivity index (χ0n) is 13.3. The molecule has 0 spiro atoms. The van der Waals surface area contributed by atoms with Crippen molar-refractivity contribution in [2.45, 2.75) is 0 Å². The first-order chi connectivity index (χ1) is 12.8. The number of nitrogens with zero attached hydrogens (tertiary/aromatic N) is 7. The molecule has 0 aliphatic heterocycles. The highest BCUT2D eigenvalue weighted by atomic mass is 35.5. The van der Waals surface area contributed by atoms with Gasteiger partial charge in [0, 0.05) is 18.0 Å². The van der Waals surface area contributed by atoms with Crippen LogP contribution in [0.5, 0.6) is 0 Å². The second-order valence-corrected chi connectivity index (χ2v) is 5.94. The number of aromatic nitrogens is 7. The lowest BCUT2D eigenvalue weighted by molar-refractivity contribution is 1.07. The molecule has 124 valence electrons. The molecule has 4 heterocycles. The molecule has 0 bridgehead atoms. The van der Waals surface area contributed by atoms with Crippen LogP contribution in [0.1, 0.15) is 0 Å². The molecule has 5 aromatic rings. The summed E-state index contributed by atoms with van der Waals surface area (Å²) in [5.41, 5.74) is 3.99. The van der Waals surface area contributed by atoms with Gasteiger partial charge in [0.2, 0.25) is 0 Å². The fourth-order valence-corrected chi connectivity index (χ4v) is 3.06. The standard InChI is InChI=1S/C18H10ClN7/c19-16-15(11-4-2-1-3-5-11)23-17-12(22-16)6-7-14-24-25-18(26(14)17)13-10-20-8-9-21-13/h1-10H. The molecule has 0 saturated carbocycles. The Labute approximate surface area is 152 Å². The van der Waals surface area contributed by atoms with Crippen molar-refractivity contribution < 1.29 is 0 Å². The molecule has 5 rings (SSSR count). The van der Waals surface area contributed by atoms with E-state index in [9.17, 15) is 0 Å². The molecule has 7 nitrogen and oxygen atoms in total. The molecule has 0 aliphatic rings. The van der Waals surface area contributed by atoms with Crippen molar-refractivity contribution in [1.82, 2.24) is 34.5 Å². The Bertz CT molecular complexity index is 1240. The summed E-state index contributed by atoms with van der Waals surface area (Å²) in [5, 5.41) is 8.81. The van der Waals surface area contributed by atoms with E-state index >= 15 is 0 Å². The molecule has 0 unspecified atom stereocenters. The summed E-state index contributed by atoms with van der Waals surface area (Å²) in [5.74, 6) is 0.550. The Morgan fingerprint density at radius 2 is 1.77 bits per heavy atom. The first kappa shape index (κ1) is 14.9. The van der Waals surface area contributed by atoms with E-state index in [0.717, 1.165) is 5.56 Å². The highest BCUT2D eigenvalue weighted by Crippen LogP contribution is 2.28. The third-order valence-corrected chi connectivity index (χ3v) is 4.25. The molecule has 0 fully saturated rings. The van der Waals surface area contributed by atoms with Crippen LogP contribution in [0.25, 0.3) is 39.6 Å². The first-order valence-corrected chi connectivity index (χ1v) is 8.22. The summed E-state index contributed by atoms with van der Waals surface area (Å²) in [7, 11) is 0. The summed E-state index contributed by atoms with van der Waals surface area (Å²) in [6.07, 6.45) is 4.86. The van der Waals surface area contributed by atoms with Crippen molar-refractivity contribution in [2.24, 2.45) is 0 Å². The van der Waals surface area contributed by atoms with Crippen LogP contribution in [0.3, 0.4) is 0 Å². The van der Waals surface area contributed by atoms with Gasteiger partial charge in [-0.25, -0.2) is 15.0 Å². The fraction of sp³-hybridized carbons (Fsp3) is 0. The highest BCUT2D eigenvalue weighted by molar-refractivity contribution is 6.32. The van der Waals surface area contributed by atoms with Gasteiger partial charge in [0.05, 0.1) is 6.20 Å². The van der Waals surface area contributed by atoms with Crippen LogP contribution >= 0.6 is 11.6 Å². The van der Waals surface area contributed by atoms with Gasteiger partial charge in [-0.15, -0.1) is 10.2 Å². The molecular weight excluding hydrogens is 350 g/mol. The van der Waals surface area contributed by atoms with E-state index in [1.54, 1.807) is 18.6 Å². The van der Waals surface area contributed by atoms with Crippen LogP contribution in [-0.2, 0) is 0 Å². The maximum atomic E-state index is 6.38. The fourth-order valence-electron chi connectivity index (χ4n) is 2.82. The topological polar surface area (TPSA) is 81.8 Å². The van der Waals surface area contributed by atoms with Gasteiger partial charge in [0.1, 0.15) is 16.9 Å². The van der Waals surface area contributed by atoms with Crippen molar-refractivity contribution in [3.8, 4) is 22.8 Å². The summed E-state index contributed by atoms with van der Waals surface area (Å²) >= 11 is 6.38. The third-order valence-electron chi connectivity index (χ3n) is 3.99. The molecule has 0 aliphatic carbocycles. The summed E-state index contributed by atoms with van der Waals surface area (Å²) in [4.78, 5) is 17.7. The maximum absolute atomic E-state index is 6.38. The third kappa shape index (κ3) is 2.29. The van der Waals surface area contributed by atoms with Gasteiger partial charge in [-0.3, -0.25) is 9.38 Å². The van der Waals surface area contributed by atoms with Gasteiger partial charge in [-0.05, 0) is 12.1 Å². The lowest BCUT2D eigenvalue weighted by atomic mass is 10.1. The molecule has 0 amide bonds. The Hall–Kier alpha value is -3.45. The van der Waals surface area contributed by atoms with Gasteiger partial charge in [0.15, 0.2) is 22.3 Å². The van der Waals surface area contributed by atoms with E-state index in [2.05, 4.69) is 25.1 Å². The molecule has 8 heteroatoms. The summed E-state index contributed by atoms with van der Waals surface area (Å²) < 4.78 is 1.81. The highest BCUT2D eigenvalue weighted by Gasteiger charge is 2.16. The van der Waals surface area contributed by atoms with Crippen molar-refractivity contribution in [1.29, 1.82) is 0 Å². The van der Waals surface area contributed by atoms with E-state index in [4.69, 9.17) is 16.6 Å². The SMILES string of the molecule is Clc1nc2ccc3nnc(-c4cnccn4)n3c2nc1-c1ccccc1. The molecule has 26 heavy (non-hydrogen) atoms. The predicted molar refractivity (Wildman–Crippen MR) is 97.6 cm³/mol. The van der Waals surface area contributed by atoms with Crippen LogP contribution in [0.2, 0.25) is 5.15 Å². The number of halogens is 1. The Balaban J connectivity index is 1.86. The van der Waals surface area contributed by atoms with Crippen molar-refractivity contribution >= 4 is 28.4 Å². The van der Waals surface area contributed by atoms with Gasteiger partial charge in [-0.2, -0.15) is 0 Å². The smallest absolute Gasteiger partial charge is 0.190 e. The van der Waals surface area contributed by atoms with Crippen LogP contribution in [-0.4, -0.2) is 34.5 Å². The van der Waals surface area contributed by atoms with Crippen LogP contribution in [0.4, 0.5) is 0 Å². The molecule has 0 N–H and O–H groups in total. The van der Waals surface area contributed by atoms with Crippen LogP contribution in [0.15, 0.2) is 61.1 Å². The van der Waals surface area contributed by atoms with E-state index < -0.39 is 0 Å². The minimum atomic E-state index is 0.345. The Morgan fingerprint density at radius 1 is 0.885 bits per heavy atom. The normalized spacial score (nSPS) is 11.3.